The molecule has 0 saturated carbocycles. The highest BCUT2D eigenvalue weighted by Crippen LogP contribution is 2.14. The Hall–Kier alpha value is -1.65. The molecule has 0 fully saturated rings. The van der Waals surface area contributed by atoms with Crippen LogP contribution in [-0.4, -0.2) is 83.7 Å². The summed E-state index contributed by atoms with van der Waals surface area (Å²) >= 11 is 4.25. The number of nitrogens with zero attached hydrogens (tertiary/aromatic N) is 1. The molecule has 0 aliphatic heterocycles. The average molecular weight is 469 g/mol. The van der Waals surface area contributed by atoms with Gasteiger partial charge in [-0.1, -0.05) is 50.6 Å². The van der Waals surface area contributed by atoms with Gasteiger partial charge in [-0.25, -0.2) is 4.79 Å². The van der Waals surface area contributed by atoms with Crippen LogP contribution in [0.15, 0.2) is 30.3 Å². The van der Waals surface area contributed by atoms with Crippen molar-refractivity contribution >= 4 is 24.5 Å². The Morgan fingerprint density at radius 2 is 1.91 bits per heavy atom. The van der Waals surface area contributed by atoms with Gasteiger partial charge in [-0.15, -0.1) is 0 Å². The lowest BCUT2D eigenvalue weighted by atomic mass is 9.96. The Balaban J connectivity index is 3.04. The summed E-state index contributed by atoms with van der Waals surface area (Å²) in [6.45, 7) is 5.18. The maximum Gasteiger partial charge on any atom is 0.326 e. The first-order valence-electron chi connectivity index (χ1n) is 11.2. The normalized spacial score (nSPS) is 16.2. The smallest absolute Gasteiger partial charge is 0.326 e. The number of benzene rings is 1. The monoisotopic (exact) mass is 468 g/mol. The molecule has 5 atom stereocenters. The van der Waals surface area contributed by atoms with Crippen LogP contribution in [0.2, 0.25) is 0 Å². The van der Waals surface area contributed by atoms with Gasteiger partial charge in [0.15, 0.2) is 0 Å². The van der Waals surface area contributed by atoms with Crippen molar-refractivity contribution in [2.24, 2.45) is 11.7 Å². The van der Waals surface area contributed by atoms with Crippen LogP contribution < -0.4 is 16.4 Å². The Morgan fingerprint density at radius 1 is 1.25 bits per heavy atom. The van der Waals surface area contributed by atoms with Gasteiger partial charge in [0.2, 0.25) is 5.91 Å². The number of hydrogen-bond donors (Lipinski definition) is 6. The zero-order valence-electron chi connectivity index (χ0n) is 19.4. The Bertz CT molecular complexity index is 679. The summed E-state index contributed by atoms with van der Waals surface area (Å²) in [6, 6.07) is 8.00. The highest BCUT2D eigenvalue weighted by Gasteiger charge is 2.30. The zero-order valence-corrected chi connectivity index (χ0v) is 20.3. The minimum Gasteiger partial charge on any atom is -0.480 e. The molecule has 0 heterocycles. The van der Waals surface area contributed by atoms with Crippen LogP contribution in [0.25, 0.3) is 0 Å². The number of carboxylic acid groups (broad SMARTS) is 1. The van der Waals surface area contributed by atoms with E-state index in [0.717, 1.165) is 12.0 Å². The maximum absolute atomic E-state index is 13.2. The van der Waals surface area contributed by atoms with Gasteiger partial charge in [-0.3, -0.25) is 9.69 Å². The zero-order chi connectivity index (χ0) is 24.1. The number of aliphatic carboxylic acids is 1. The molecule has 9 heteroatoms. The van der Waals surface area contributed by atoms with E-state index in [2.05, 4.69) is 37.1 Å². The number of carbonyl (C=O) groups excluding carboxylic acids is 1. The fourth-order valence-electron chi connectivity index (χ4n) is 3.48. The highest BCUT2D eigenvalue weighted by atomic mass is 32.1. The van der Waals surface area contributed by atoms with Crippen LogP contribution in [0.3, 0.4) is 0 Å². The van der Waals surface area contributed by atoms with Gasteiger partial charge in [0, 0.05) is 44.0 Å². The molecule has 0 saturated heterocycles. The summed E-state index contributed by atoms with van der Waals surface area (Å²) in [5.41, 5.74) is 7.01. The molecule has 1 rings (SSSR count). The third kappa shape index (κ3) is 9.87. The summed E-state index contributed by atoms with van der Waals surface area (Å²) < 4.78 is 0. The van der Waals surface area contributed by atoms with Crippen LogP contribution in [0.5, 0.6) is 0 Å². The van der Waals surface area contributed by atoms with Crippen molar-refractivity contribution in [3.63, 3.8) is 0 Å². The summed E-state index contributed by atoms with van der Waals surface area (Å²) in [4.78, 5) is 26.6. The van der Waals surface area contributed by atoms with E-state index >= 15 is 0 Å². The Morgan fingerprint density at radius 3 is 2.44 bits per heavy atom. The number of carbonyl (C=O) groups is 2. The van der Waals surface area contributed by atoms with E-state index in [1.54, 1.807) is 0 Å². The quantitative estimate of drug-likeness (QED) is 0.198. The fraction of sp³-hybridized carbons (Fsp3) is 0.652. The molecule has 1 aromatic rings. The third-order valence-corrected chi connectivity index (χ3v) is 6.30. The minimum atomic E-state index is -1.16. The summed E-state index contributed by atoms with van der Waals surface area (Å²) in [7, 11) is 1.88. The molecule has 182 valence electrons. The number of rotatable bonds is 16. The van der Waals surface area contributed by atoms with Gasteiger partial charge in [-0.2, -0.15) is 12.6 Å². The van der Waals surface area contributed by atoms with Crippen molar-refractivity contribution in [3.8, 4) is 0 Å². The summed E-state index contributed by atoms with van der Waals surface area (Å²) in [5, 5.41) is 24.7. The molecule has 0 bridgehead atoms. The van der Waals surface area contributed by atoms with Crippen LogP contribution in [0.4, 0.5) is 0 Å². The van der Waals surface area contributed by atoms with Crippen molar-refractivity contribution in [3.05, 3.63) is 35.9 Å². The van der Waals surface area contributed by atoms with Crippen molar-refractivity contribution in [1.29, 1.82) is 0 Å². The van der Waals surface area contributed by atoms with Gasteiger partial charge in [0.1, 0.15) is 6.04 Å². The summed E-state index contributed by atoms with van der Waals surface area (Å²) in [6.07, 6.45) is 1.37. The highest BCUT2D eigenvalue weighted by molar-refractivity contribution is 7.80. The molecular weight excluding hydrogens is 428 g/mol. The molecule has 6 N–H and O–H groups in total. The molecule has 0 aliphatic rings. The van der Waals surface area contributed by atoms with E-state index in [1.165, 1.54) is 0 Å². The second-order valence-electron chi connectivity index (χ2n) is 8.40. The SMILES string of the molecule is CCC(C)C(CN(C)C(Cc1ccccc1)C(=O)NC(CCO)C(=O)O)NC[C@H](N)CS. The van der Waals surface area contributed by atoms with E-state index in [-0.39, 0.29) is 31.0 Å². The fourth-order valence-corrected chi connectivity index (χ4v) is 3.60. The first-order valence-corrected chi connectivity index (χ1v) is 11.8. The number of carboxylic acids is 1. The lowest BCUT2D eigenvalue weighted by molar-refractivity contribution is -0.143. The van der Waals surface area contributed by atoms with Crippen LogP contribution >= 0.6 is 12.6 Å². The second kappa shape index (κ2) is 15.2. The number of nitrogens with one attached hydrogen (secondary N) is 2. The van der Waals surface area contributed by atoms with Gasteiger partial charge in [-0.05, 0) is 24.9 Å². The van der Waals surface area contributed by atoms with Gasteiger partial charge in [0.25, 0.3) is 0 Å². The maximum atomic E-state index is 13.2. The van der Waals surface area contributed by atoms with Gasteiger partial charge >= 0.3 is 5.97 Å². The molecule has 32 heavy (non-hydrogen) atoms. The van der Waals surface area contributed by atoms with Crippen LogP contribution in [-0.2, 0) is 16.0 Å². The molecule has 0 aliphatic carbocycles. The molecule has 0 aromatic heterocycles. The third-order valence-electron chi connectivity index (χ3n) is 5.83. The number of nitrogens with two attached hydrogens (primary N) is 1. The number of amides is 1. The van der Waals surface area contributed by atoms with E-state index in [1.807, 2.05) is 42.3 Å². The Kier molecular flexibility index (Phi) is 13.5. The molecule has 1 amide bonds. The minimum absolute atomic E-state index is 0.0402. The van der Waals surface area contributed by atoms with Crippen LogP contribution in [0, 0.1) is 5.92 Å². The second-order valence-corrected chi connectivity index (χ2v) is 8.76. The molecule has 0 radical (unpaired) electrons. The first kappa shape index (κ1) is 28.4. The predicted octanol–water partition coefficient (Wildman–Crippen LogP) is 0.743. The lowest BCUT2D eigenvalue weighted by Gasteiger charge is -2.34. The molecule has 1 aromatic carbocycles. The van der Waals surface area contributed by atoms with Crippen molar-refractivity contribution < 1.29 is 19.8 Å². The average Bonchev–Trinajstić information content (AvgIpc) is 2.79. The predicted molar refractivity (Wildman–Crippen MR) is 131 cm³/mol. The number of aliphatic hydroxyl groups is 1. The molecular formula is C23H40N4O4S. The summed E-state index contributed by atoms with van der Waals surface area (Å²) in [5.74, 6) is -0.594. The van der Waals surface area contributed by atoms with Gasteiger partial charge < -0.3 is 26.6 Å². The van der Waals surface area contributed by atoms with Gasteiger partial charge in [0.05, 0.1) is 6.04 Å². The number of aliphatic hydroxyl groups excluding tert-OH is 1. The lowest BCUT2D eigenvalue weighted by Crippen LogP contribution is -2.55. The van der Waals surface area contributed by atoms with E-state index in [0.29, 0.717) is 31.2 Å². The molecule has 0 spiro atoms. The topological polar surface area (TPSA) is 128 Å². The van der Waals surface area contributed by atoms with Crippen molar-refractivity contribution in [1.82, 2.24) is 15.5 Å². The van der Waals surface area contributed by atoms with E-state index in [4.69, 9.17) is 10.8 Å². The van der Waals surface area contributed by atoms with E-state index < -0.39 is 18.1 Å². The van der Waals surface area contributed by atoms with E-state index in [9.17, 15) is 14.7 Å². The first-order chi connectivity index (χ1) is 15.2. The van der Waals surface area contributed by atoms with Crippen LogP contribution in [0.1, 0.15) is 32.3 Å². The molecule has 4 unspecified atom stereocenters. The molecule has 8 nitrogen and oxygen atoms in total. The van der Waals surface area contributed by atoms with Crippen molar-refractivity contribution in [2.45, 2.75) is 57.3 Å². The standard InChI is InChI=1S/C23H40N4O4S/c1-4-16(2)20(25-13-18(24)15-32)14-27(3)21(12-17-8-6-5-7-9-17)22(29)26-19(10-11-28)23(30)31/h5-9,16,18-21,25,28,32H,4,10-15,24H2,1-3H3,(H,26,29)(H,30,31)/t16?,18-,19?,20?,21?/m0/s1. The number of hydrogen-bond acceptors (Lipinski definition) is 7. The largest absolute Gasteiger partial charge is 0.480 e. The number of likely N-dealkylation sites (N-methyl/N-ethyl adjacent to an activating group) is 1. The number of thiol groups is 1. The Labute approximate surface area is 197 Å². The van der Waals surface area contributed by atoms with Crippen molar-refractivity contribution in [2.75, 3.05) is 32.5 Å².